The van der Waals surface area contributed by atoms with Crippen LogP contribution < -0.4 is 0 Å². The fourth-order valence-electron chi connectivity index (χ4n) is 2.71. The summed E-state index contributed by atoms with van der Waals surface area (Å²) >= 11 is 9.24. The van der Waals surface area contributed by atoms with E-state index in [-0.39, 0.29) is 24.2 Å². The van der Waals surface area contributed by atoms with Gasteiger partial charge < -0.3 is 20.2 Å². The molecule has 1 aromatic rings. The Hall–Kier alpha value is -0.980. The van der Waals surface area contributed by atoms with Crippen molar-refractivity contribution in [3.05, 3.63) is 27.2 Å². The molecule has 0 spiro atoms. The molecular weight excluding hydrogens is 350 g/mol. The Kier molecular flexibility index (Phi) is 4.78. The maximum absolute atomic E-state index is 11.1. The summed E-state index contributed by atoms with van der Waals surface area (Å²) in [6, 6.07) is 3.24. The zero-order valence-electron chi connectivity index (χ0n) is 10.6. The van der Waals surface area contributed by atoms with Crippen LogP contribution in [0.1, 0.15) is 17.9 Å². The van der Waals surface area contributed by atoms with Gasteiger partial charge in [0.2, 0.25) is 0 Å². The summed E-state index contributed by atoms with van der Waals surface area (Å²) in [5, 5.41) is 28.9. The molecule has 2 atom stereocenters. The molecule has 1 amide bonds. The number of aromatic hydroxyl groups is 1. The number of amides is 1. The molecule has 7 heteroatoms. The zero-order chi connectivity index (χ0) is 14.9. The number of phenolic OH excluding ortho intramolecular Hbond substituents is 1. The number of nitrogens with zero attached hydrogens (tertiary/aromatic N) is 1. The highest BCUT2D eigenvalue weighted by molar-refractivity contribution is 9.10. The number of halogens is 2. The quantitative estimate of drug-likeness (QED) is 0.770. The molecule has 1 aliphatic heterocycles. The number of benzene rings is 1. The normalized spacial score (nSPS) is 22.2. The molecule has 2 unspecified atom stereocenters. The number of carbonyl (C=O) groups is 1. The topological polar surface area (TPSA) is 81.0 Å². The van der Waals surface area contributed by atoms with Gasteiger partial charge in [-0.25, -0.2) is 4.79 Å². The number of phenols is 1. The van der Waals surface area contributed by atoms with Gasteiger partial charge in [-0.15, -0.1) is 0 Å². The Morgan fingerprint density at radius 3 is 2.75 bits per heavy atom. The summed E-state index contributed by atoms with van der Waals surface area (Å²) < 4.78 is 0.483. The average molecular weight is 365 g/mol. The molecule has 1 heterocycles. The minimum atomic E-state index is -0.990. The number of hydrogen-bond acceptors (Lipinski definition) is 3. The lowest BCUT2D eigenvalue weighted by atomic mass is 9.86. The Bertz CT molecular complexity index is 525. The predicted octanol–water partition coefficient (Wildman–Crippen LogP) is 2.88. The van der Waals surface area contributed by atoms with E-state index < -0.39 is 6.09 Å². The van der Waals surface area contributed by atoms with E-state index in [9.17, 15) is 9.90 Å². The van der Waals surface area contributed by atoms with Crippen LogP contribution in [0, 0.1) is 5.92 Å². The van der Waals surface area contributed by atoms with Gasteiger partial charge in [0, 0.05) is 36.2 Å². The highest BCUT2D eigenvalue weighted by Crippen LogP contribution is 2.42. The first kappa shape index (κ1) is 15.4. The van der Waals surface area contributed by atoms with Gasteiger partial charge in [0.1, 0.15) is 5.75 Å². The number of aliphatic hydroxyl groups excluding tert-OH is 1. The fourth-order valence-corrected chi connectivity index (χ4v) is 3.54. The van der Waals surface area contributed by atoms with E-state index >= 15 is 0 Å². The van der Waals surface area contributed by atoms with Crippen molar-refractivity contribution in [2.75, 3.05) is 19.7 Å². The maximum Gasteiger partial charge on any atom is 0.407 e. The van der Waals surface area contributed by atoms with Gasteiger partial charge in [-0.2, -0.15) is 0 Å². The summed E-state index contributed by atoms with van der Waals surface area (Å²) in [7, 11) is 0. The van der Waals surface area contributed by atoms with E-state index in [0.29, 0.717) is 34.6 Å². The Morgan fingerprint density at radius 2 is 2.15 bits per heavy atom. The molecule has 0 aromatic heterocycles. The van der Waals surface area contributed by atoms with Crippen molar-refractivity contribution >= 4 is 33.6 Å². The molecule has 1 aliphatic rings. The maximum atomic E-state index is 11.1. The second-order valence-electron chi connectivity index (χ2n) is 4.89. The van der Waals surface area contributed by atoms with Gasteiger partial charge in [0.05, 0.1) is 4.47 Å². The zero-order valence-corrected chi connectivity index (χ0v) is 12.9. The first-order valence-corrected chi connectivity index (χ1v) is 7.37. The Balaban J connectivity index is 2.36. The molecule has 0 aliphatic carbocycles. The smallest absolute Gasteiger partial charge is 0.407 e. The molecule has 1 aromatic carbocycles. The molecule has 3 N–H and O–H groups in total. The first-order chi connectivity index (χ1) is 9.43. The van der Waals surface area contributed by atoms with Crippen molar-refractivity contribution in [2.24, 2.45) is 5.92 Å². The number of aliphatic hydroxyl groups is 1. The lowest BCUT2D eigenvalue weighted by Gasteiger charge is -2.19. The molecule has 20 heavy (non-hydrogen) atoms. The van der Waals surface area contributed by atoms with Crippen molar-refractivity contribution < 1.29 is 20.1 Å². The largest absolute Gasteiger partial charge is 0.506 e. The summed E-state index contributed by atoms with van der Waals surface area (Å²) in [6.45, 7) is 0.627. The van der Waals surface area contributed by atoms with Crippen LogP contribution in [0.3, 0.4) is 0 Å². The molecular formula is C13H15BrClNO4. The van der Waals surface area contributed by atoms with Crippen LogP contribution in [0.4, 0.5) is 4.79 Å². The summed E-state index contributed by atoms with van der Waals surface area (Å²) in [5.74, 6) is -0.129. The van der Waals surface area contributed by atoms with Crippen molar-refractivity contribution in [2.45, 2.75) is 12.3 Å². The molecule has 0 bridgehead atoms. The predicted molar refractivity (Wildman–Crippen MR) is 78.3 cm³/mol. The lowest BCUT2D eigenvalue weighted by Crippen LogP contribution is -2.26. The Labute approximate surface area is 129 Å². The molecule has 110 valence electrons. The van der Waals surface area contributed by atoms with Crippen molar-refractivity contribution in [1.29, 1.82) is 0 Å². The van der Waals surface area contributed by atoms with E-state index in [1.165, 1.54) is 4.90 Å². The van der Waals surface area contributed by atoms with Gasteiger partial charge in [-0.1, -0.05) is 11.6 Å². The molecule has 2 rings (SSSR count). The summed E-state index contributed by atoms with van der Waals surface area (Å²) in [4.78, 5) is 12.4. The van der Waals surface area contributed by atoms with E-state index in [0.717, 1.165) is 0 Å². The number of hydrogen-bond donors (Lipinski definition) is 3. The monoisotopic (exact) mass is 363 g/mol. The third-order valence-corrected chi connectivity index (χ3v) is 4.49. The summed E-state index contributed by atoms with van der Waals surface area (Å²) in [6.07, 6.45) is -0.506. The third kappa shape index (κ3) is 3.02. The molecule has 1 fully saturated rings. The van der Waals surface area contributed by atoms with Gasteiger partial charge in [-0.05, 0) is 40.4 Å². The highest BCUT2D eigenvalue weighted by atomic mass is 79.9. The highest BCUT2D eigenvalue weighted by Gasteiger charge is 2.37. The van der Waals surface area contributed by atoms with Gasteiger partial charge >= 0.3 is 6.09 Å². The number of likely N-dealkylation sites (tertiary alicyclic amines) is 1. The molecule has 5 nitrogen and oxygen atoms in total. The van der Waals surface area contributed by atoms with E-state index in [2.05, 4.69) is 15.9 Å². The minimum Gasteiger partial charge on any atom is -0.506 e. The van der Waals surface area contributed by atoms with Crippen LogP contribution in [0.15, 0.2) is 16.6 Å². The third-order valence-electron chi connectivity index (χ3n) is 3.67. The fraction of sp³-hybridized carbons (Fsp3) is 0.462. The average Bonchev–Trinajstić information content (AvgIpc) is 2.78. The molecule has 0 radical (unpaired) electrons. The minimum absolute atomic E-state index is 0.0167. The second kappa shape index (κ2) is 6.20. The van der Waals surface area contributed by atoms with E-state index in [1.807, 2.05) is 0 Å². The van der Waals surface area contributed by atoms with Crippen molar-refractivity contribution in [1.82, 2.24) is 4.90 Å². The Morgan fingerprint density at radius 1 is 1.45 bits per heavy atom. The van der Waals surface area contributed by atoms with E-state index in [4.69, 9.17) is 21.8 Å². The van der Waals surface area contributed by atoms with Crippen LogP contribution in [-0.4, -0.2) is 46.0 Å². The van der Waals surface area contributed by atoms with Gasteiger partial charge in [-0.3, -0.25) is 0 Å². The second-order valence-corrected chi connectivity index (χ2v) is 6.18. The summed E-state index contributed by atoms with van der Waals surface area (Å²) in [5.41, 5.74) is 0.617. The van der Waals surface area contributed by atoms with Crippen LogP contribution >= 0.6 is 27.5 Å². The molecule has 1 saturated heterocycles. The van der Waals surface area contributed by atoms with Crippen molar-refractivity contribution in [3.63, 3.8) is 0 Å². The van der Waals surface area contributed by atoms with Crippen molar-refractivity contribution in [3.8, 4) is 5.75 Å². The molecule has 0 saturated carbocycles. The van der Waals surface area contributed by atoms with Gasteiger partial charge in [0.25, 0.3) is 0 Å². The standard InChI is InChI=1S/C13H15BrClNO4/c14-11-4-8(15)3-9(12(11)18)10-6-16(13(19)20)5-7(10)1-2-17/h3-4,7,10,17-18H,1-2,5-6H2,(H,19,20). The van der Waals surface area contributed by atoms with Crippen LogP contribution in [-0.2, 0) is 0 Å². The lowest BCUT2D eigenvalue weighted by molar-refractivity contribution is 0.152. The van der Waals surface area contributed by atoms with E-state index in [1.54, 1.807) is 12.1 Å². The first-order valence-electron chi connectivity index (χ1n) is 6.20. The van der Waals surface area contributed by atoms with Gasteiger partial charge in [0.15, 0.2) is 0 Å². The van der Waals surface area contributed by atoms with Crippen LogP contribution in [0.5, 0.6) is 5.75 Å². The van der Waals surface area contributed by atoms with Crippen LogP contribution in [0.2, 0.25) is 5.02 Å². The number of rotatable bonds is 3. The SMILES string of the molecule is O=C(O)N1CC(CCO)C(c2cc(Cl)cc(Br)c2O)C1. The van der Waals surface area contributed by atoms with Crippen LogP contribution in [0.25, 0.3) is 0 Å². The number of carboxylic acid groups (broad SMARTS) is 1.